The zero-order valence-electron chi connectivity index (χ0n) is 10.9. The summed E-state index contributed by atoms with van der Waals surface area (Å²) in [5, 5.41) is 1.97. The predicted molar refractivity (Wildman–Crippen MR) is 81.4 cm³/mol. The van der Waals surface area contributed by atoms with Crippen molar-refractivity contribution in [3.63, 3.8) is 0 Å². The number of aromatic nitrogens is 4. The molecule has 2 aromatic heterocycles. The van der Waals surface area contributed by atoms with Gasteiger partial charge >= 0.3 is 0 Å². The molecule has 0 atom stereocenters. The first-order valence-electron chi connectivity index (χ1n) is 6.45. The Bertz CT molecular complexity index is 1030. The van der Waals surface area contributed by atoms with E-state index < -0.39 is 0 Å². The maximum atomic E-state index is 12.6. The maximum Gasteiger partial charge on any atom is 0.287 e. The van der Waals surface area contributed by atoms with Crippen molar-refractivity contribution in [3.05, 3.63) is 59.1 Å². The highest BCUT2D eigenvalue weighted by Crippen LogP contribution is 2.22. The van der Waals surface area contributed by atoms with Gasteiger partial charge < -0.3 is 10.7 Å². The molecule has 2 heterocycles. The number of nitrogens with zero attached hydrogens (tertiary/aromatic N) is 3. The molecule has 6 nitrogen and oxygen atoms in total. The lowest BCUT2D eigenvalue weighted by atomic mass is 10.1. The topological polar surface area (TPSA) is 89.6 Å². The minimum atomic E-state index is -0.282. The van der Waals surface area contributed by atoms with Crippen LogP contribution in [0, 0.1) is 0 Å². The number of imidazole rings is 1. The molecule has 0 aliphatic rings. The van der Waals surface area contributed by atoms with Crippen molar-refractivity contribution in [2.75, 3.05) is 5.73 Å². The van der Waals surface area contributed by atoms with Crippen molar-refractivity contribution in [3.8, 4) is 5.69 Å². The summed E-state index contributed by atoms with van der Waals surface area (Å²) >= 11 is 0. The Labute approximate surface area is 118 Å². The molecule has 4 rings (SSSR count). The van der Waals surface area contributed by atoms with Crippen LogP contribution in [0.2, 0.25) is 0 Å². The lowest BCUT2D eigenvalue weighted by molar-refractivity contribution is 0.985. The van der Waals surface area contributed by atoms with Crippen LogP contribution in [0.4, 0.5) is 5.95 Å². The van der Waals surface area contributed by atoms with Gasteiger partial charge in [-0.25, -0.2) is 9.55 Å². The minimum Gasteiger partial charge on any atom is -0.369 e. The monoisotopic (exact) mass is 277 g/mol. The summed E-state index contributed by atoms with van der Waals surface area (Å²) in [4.78, 5) is 23.6. The summed E-state index contributed by atoms with van der Waals surface area (Å²) in [7, 11) is 0. The number of anilines is 1. The fourth-order valence-corrected chi connectivity index (χ4v) is 2.54. The van der Waals surface area contributed by atoms with E-state index in [4.69, 9.17) is 5.73 Å². The number of aromatic amines is 1. The van der Waals surface area contributed by atoms with Crippen LogP contribution in [-0.4, -0.2) is 19.5 Å². The van der Waals surface area contributed by atoms with Crippen LogP contribution in [-0.2, 0) is 0 Å². The van der Waals surface area contributed by atoms with Crippen molar-refractivity contribution >= 4 is 27.9 Å². The summed E-state index contributed by atoms with van der Waals surface area (Å²) in [5.74, 6) is 0.133. The minimum absolute atomic E-state index is 0.133. The zero-order chi connectivity index (χ0) is 14.4. The SMILES string of the molecule is Nc1nc2[nH]cnc2c(=O)n1-c1cccc2ccccc12. The number of hydrogen-bond donors (Lipinski definition) is 2. The fourth-order valence-electron chi connectivity index (χ4n) is 2.54. The van der Waals surface area contributed by atoms with Gasteiger partial charge in [-0.15, -0.1) is 0 Å². The van der Waals surface area contributed by atoms with Gasteiger partial charge in [-0.2, -0.15) is 4.98 Å². The number of nitrogens with two attached hydrogens (primary N) is 1. The molecule has 21 heavy (non-hydrogen) atoms. The van der Waals surface area contributed by atoms with Gasteiger partial charge in [-0.1, -0.05) is 36.4 Å². The zero-order valence-corrected chi connectivity index (χ0v) is 10.9. The standard InChI is InChI=1S/C15H11N5O/c16-15-19-13-12(17-8-18-13)14(21)20(15)11-7-3-5-9-4-1-2-6-10(9)11/h1-8H,(H2,16,19)(H,17,18). The molecule has 3 N–H and O–H groups in total. The highest BCUT2D eigenvalue weighted by Gasteiger charge is 2.14. The third-order valence-electron chi connectivity index (χ3n) is 3.49. The molecular formula is C15H11N5O. The quantitative estimate of drug-likeness (QED) is 0.555. The molecule has 0 amide bonds. The van der Waals surface area contributed by atoms with Crippen LogP contribution in [0.25, 0.3) is 27.6 Å². The number of H-pyrrole nitrogens is 1. The Kier molecular flexibility index (Phi) is 2.32. The number of fused-ring (bicyclic) bond motifs is 2. The molecule has 0 bridgehead atoms. The second kappa shape index (κ2) is 4.17. The van der Waals surface area contributed by atoms with Crippen LogP contribution in [0.1, 0.15) is 0 Å². The maximum absolute atomic E-state index is 12.6. The third kappa shape index (κ3) is 1.62. The number of rotatable bonds is 1. The van der Waals surface area contributed by atoms with Gasteiger partial charge in [0.1, 0.15) is 0 Å². The molecule has 0 aliphatic heterocycles. The molecule has 0 unspecified atom stereocenters. The van der Waals surface area contributed by atoms with E-state index in [0.717, 1.165) is 10.8 Å². The molecule has 0 saturated heterocycles. The Morgan fingerprint density at radius 1 is 1.10 bits per heavy atom. The van der Waals surface area contributed by atoms with E-state index in [1.54, 1.807) is 0 Å². The van der Waals surface area contributed by atoms with Crippen LogP contribution in [0.15, 0.2) is 53.6 Å². The highest BCUT2D eigenvalue weighted by atomic mass is 16.1. The van der Waals surface area contributed by atoms with Crippen molar-refractivity contribution in [1.29, 1.82) is 0 Å². The summed E-state index contributed by atoms with van der Waals surface area (Å²) in [6.07, 6.45) is 1.44. The Hall–Kier alpha value is -3.15. The fraction of sp³-hybridized carbons (Fsp3) is 0. The van der Waals surface area contributed by atoms with E-state index in [0.29, 0.717) is 11.3 Å². The molecule has 2 aromatic carbocycles. The van der Waals surface area contributed by atoms with Crippen molar-refractivity contribution < 1.29 is 0 Å². The van der Waals surface area contributed by atoms with Gasteiger partial charge in [-0.05, 0) is 11.5 Å². The molecule has 0 spiro atoms. The van der Waals surface area contributed by atoms with E-state index in [9.17, 15) is 4.79 Å². The Morgan fingerprint density at radius 2 is 1.90 bits per heavy atom. The van der Waals surface area contributed by atoms with Gasteiger partial charge in [-0.3, -0.25) is 4.79 Å². The van der Waals surface area contributed by atoms with E-state index in [2.05, 4.69) is 15.0 Å². The van der Waals surface area contributed by atoms with Gasteiger partial charge in [0, 0.05) is 5.39 Å². The lowest BCUT2D eigenvalue weighted by Gasteiger charge is -2.11. The summed E-state index contributed by atoms with van der Waals surface area (Å²) in [6.45, 7) is 0. The molecular weight excluding hydrogens is 266 g/mol. The molecule has 0 aliphatic carbocycles. The van der Waals surface area contributed by atoms with E-state index in [1.165, 1.54) is 10.9 Å². The molecule has 0 saturated carbocycles. The highest BCUT2D eigenvalue weighted by molar-refractivity contribution is 5.90. The van der Waals surface area contributed by atoms with Crippen LogP contribution in [0.3, 0.4) is 0 Å². The molecule has 0 radical (unpaired) electrons. The van der Waals surface area contributed by atoms with E-state index in [1.807, 2.05) is 42.5 Å². The van der Waals surface area contributed by atoms with Crippen LogP contribution < -0.4 is 11.3 Å². The van der Waals surface area contributed by atoms with Crippen molar-refractivity contribution in [2.45, 2.75) is 0 Å². The molecule has 102 valence electrons. The second-order valence-electron chi connectivity index (χ2n) is 4.71. The van der Waals surface area contributed by atoms with Crippen molar-refractivity contribution in [2.24, 2.45) is 0 Å². The van der Waals surface area contributed by atoms with Gasteiger partial charge in [0.05, 0.1) is 12.0 Å². The summed E-state index contributed by atoms with van der Waals surface area (Å²) in [5.41, 5.74) is 7.07. The third-order valence-corrected chi connectivity index (χ3v) is 3.49. The summed E-state index contributed by atoms with van der Waals surface area (Å²) < 4.78 is 1.39. The van der Waals surface area contributed by atoms with Gasteiger partial charge in [0.2, 0.25) is 5.95 Å². The number of nitrogen functional groups attached to an aromatic ring is 1. The van der Waals surface area contributed by atoms with E-state index >= 15 is 0 Å². The molecule has 0 fully saturated rings. The normalized spacial score (nSPS) is 11.2. The predicted octanol–water partition coefficient (Wildman–Crippen LogP) is 1.84. The van der Waals surface area contributed by atoms with E-state index in [-0.39, 0.29) is 17.0 Å². The molecule has 4 aromatic rings. The van der Waals surface area contributed by atoms with Crippen LogP contribution >= 0.6 is 0 Å². The first-order valence-corrected chi connectivity index (χ1v) is 6.45. The number of nitrogens with one attached hydrogen (secondary N) is 1. The van der Waals surface area contributed by atoms with Gasteiger partial charge in [0.15, 0.2) is 11.2 Å². The lowest BCUT2D eigenvalue weighted by Crippen LogP contribution is -2.23. The number of hydrogen-bond acceptors (Lipinski definition) is 4. The Balaban J connectivity index is 2.16. The molecule has 6 heteroatoms. The first-order chi connectivity index (χ1) is 10.3. The van der Waals surface area contributed by atoms with Crippen molar-refractivity contribution in [1.82, 2.24) is 19.5 Å². The average molecular weight is 277 g/mol. The average Bonchev–Trinajstić information content (AvgIpc) is 2.96. The van der Waals surface area contributed by atoms with Gasteiger partial charge in [0.25, 0.3) is 5.56 Å². The largest absolute Gasteiger partial charge is 0.369 e. The number of benzene rings is 2. The first kappa shape index (κ1) is 11.7. The smallest absolute Gasteiger partial charge is 0.287 e. The second-order valence-corrected chi connectivity index (χ2v) is 4.71. The Morgan fingerprint density at radius 3 is 2.81 bits per heavy atom. The van der Waals surface area contributed by atoms with Crippen LogP contribution in [0.5, 0.6) is 0 Å². The summed E-state index contributed by atoms with van der Waals surface area (Å²) in [6, 6.07) is 13.5.